The van der Waals surface area contributed by atoms with Crippen molar-refractivity contribution < 1.29 is 4.74 Å². The molecule has 22 heavy (non-hydrogen) atoms. The van der Waals surface area contributed by atoms with Crippen molar-refractivity contribution >= 4 is 10.9 Å². The molecule has 0 fully saturated rings. The van der Waals surface area contributed by atoms with Crippen molar-refractivity contribution in [1.29, 1.82) is 0 Å². The van der Waals surface area contributed by atoms with Gasteiger partial charge in [0, 0.05) is 28.9 Å². The molecule has 0 amide bonds. The standard InChI is InChI=1S/C19H20N2O/c1-19(2,3)18-12-14(7-9-21-18)13-5-6-16-15(11-13)17(22-4)8-10-20-16/h5-12H,1-4H3. The molecular weight excluding hydrogens is 272 g/mol. The van der Waals surface area contributed by atoms with Gasteiger partial charge in [-0.1, -0.05) is 26.8 Å². The summed E-state index contributed by atoms with van der Waals surface area (Å²) >= 11 is 0. The van der Waals surface area contributed by atoms with Gasteiger partial charge in [-0.05, 0) is 41.5 Å². The largest absolute Gasteiger partial charge is 0.496 e. The molecule has 0 saturated heterocycles. The molecule has 0 aliphatic carbocycles. The fraction of sp³-hybridized carbons (Fsp3) is 0.263. The van der Waals surface area contributed by atoms with Gasteiger partial charge in [-0.25, -0.2) is 0 Å². The van der Waals surface area contributed by atoms with E-state index in [1.807, 2.05) is 24.4 Å². The lowest BCUT2D eigenvalue weighted by Crippen LogP contribution is -2.13. The highest BCUT2D eigenvalue weighted by atomic mass is 16.5. The minimum absolute atomic E-state index is 0.0338. The SMILES string of the molecule is COc1ccnc2ccc(-c3ccnc(C(C)(C)C)c3)cc12. The molecule has 3 nitrogen and oxygen atoms in total. The van der Waals surface area contributed by atoms with E-state index in [-0.39, 0.29) is 5.41 Å². The maximum absolute atomic E-state index is 5.44. The third-order valence-corrected chi connectivity index (χ3v) is 3.78. The summed E-state index contributed by atoms with van der Waals surface area (Å²) < 4.78 is 5.44. The lowest BCUT2D eigenvalue weighted by molar-refractivity contribution is 0.419. The first-order chi connectivity index (χ1) is 10.5. The zero-order valence-corrected chi connectivity index (χ0v) is 13.4. The fourth-order valence-corrected chi connectivity index (χ4v) is 2.50. The van der Waals surface area contributed by atoms with Crippen molar-refractivity contribution in [2.24, 2.45) is 0 Å². The topological polar surface area (TPSA) is 35.0 Å². The predicted molar refractivity (Wildman–Crippen MR) is 90.2 cm³/mol. The maximum atomic E-state index is 5.44. The van der Waals surface area contributed by atoms with Gasteiger partial charge in [0.2, 0.25) is 0 Å². The molecule has 0 radical (unpaired) electrons. The summed E-state index contributed by atoms with van der Waals surface area (Å²) in [5.74, 6) is 0.844. The summed E-state index contributed by atoms with van der Waals surface area (Å²) in [7, 11) is 1.69. The first kappa shape index (κ1) is 14.5. The first-order valence-electron chi connectivity index (χ1n) is 7.39. The highest BCUT2D eigenvalue weighted by Crippen LogP contribution is 2.30. The minimum atomic E-state index is 0.0338. The van der Waals surface area contributed by atoms with Gasteiger partial charge >= 0.3 is 0 Å². The second-order valence-corrected chi connectivity index (χ2v) is 6.42. The molecular formula is C19H20N2O. The molecule has 0 N–H and O–H groups in total. The number of methoxy groups -OCH3 is 1. The molecule has 2 heterocycles. The normalized spacial score (nSPS) is 11.6. The summed E-state index contributed by atoms with van der Waals surface area (Å²) in [4.78, 5) is 8.88. The van der Waals surface area contributed by atoms with Crippen molar-refractivity contribution in [1.82, 2.24) is 9.97 Å². The number of aromatic nitrogens is 2. The number of pyridine rings is 2. The van der Waals surface area contributed by atoms with Crippen LogP contribution in [0.3, 0.4) is 0 Å². The van der Waals surface area contributed by atoms with Gasteiger partial charge in [0.15, 0.2) is 0 Å². The molecule has 0 aliphatic rings. The van der Waals surface area contributed by atoms with Crippen LogP contribution in [0, 0.1) is 0 Å². The maximum Gasteiger partial charge on any atom is 0.129 e. The van der Waals surface area contributed by atoms with E-state index in [1.54, 1.807) is 13.3 Å². The third kappa shape index (κ3) is 2.67. The number of hydrogen-bond donors (Lipinski definition) is 0. The average molecular weight is 292 g/mol. The Kier molecular flexibility index (Phi) is 3.57. The Bertz CT molecular complexity index is 819. The predicted octanol–water partition coefficient (Wildman–Crippen LogP) is 4.60. The third-order valence-electron chi connectivity index (χ3n) is 3.78. The van der Waals surface area contributed by atoms with Gasteiger partial charge in [-0.2, -0.15) is 0 Å². The Morgan fingerprint density at radius 2 is 1.59 bits per heavy atom. The Labute approximate surface area is 131 Å². The number of rotatable bonds is 2. The zero-order chi connectivity index (χ0) is 15.7. The Balaban J connectivity index is 2.15. The number of hydrogen-bond acceptors (Lipinski definition) is 3. The number of nitrogens with zero attached hydrogens (tertiary/aromatic N) is 2. The summed E-state index contributed by atoms with van der Waals surface area (Å²) in [6.45, 7) is 6.52. The molecule has 0 atom stereocenters. The van der Waals surface area contributed by atoms with Crippen molar-refractivity contribution in [3.05, 3.63) is 54.5 Å². The van der Waals surface area contributed by atoms with Gasteiger partial charge in [0.25, 0.3) is 0 Å². The van der Waals surface area contributed by atoms with Crippen LogP contribution >= 0.6 is 0 Å². The van der Waals surface area contributed by atoms with Gasteiger partial charge in [0.05, 0.1) is 12.6 Å². The average Bonchev–Trinajstić information content (AvgIpc) is 2.53. The molecule has 0 spiro atoms. The van der Waals surface area contributed by atoms with Gasteiger partial charge in [-0.3, -0.25) is 9.97 Å². The van der Waals surface area contributed by atoms with Crippen LogP contribution in [0.25, 0.3) is 22.0 Å². The molecule has 3 heteroatoms. The van der Waals surface area contributed by atoms with E-state index >= 15 is 0 Å². The first-order valence-corrected chi connectivity index (χ1v) is 7.39. The molecule has 0 aliphatic heterocycles. The van der Waals surface area contributed by atoms with Crippen molar-refractivity contribution in [3.63, 3.8) is 0 Å². The Morgan fingerprint density at radius 3 is 2.32 bits per heavy atom. The second kappa shape index (κ2) is 5.41. The highest BCUT2D eigenvalue weighted by molar-refractivity contribution is 5.89. The van der Waals surface area contributed by atoms with E-state index in [0.717, 1.165) is 33.5 Å². The summed E-state index contributed by atoms with van der Waals surface area (Å²) in [5.41, 5.74) is 4.36. The van der Waals surface area contributed by atoms with E-state index in [4.69, 9.17) is 4.74 Å². The van der Waals surface area contributed by atoms with E-state index in [0.29, 0.717) is 0 Å². The molecule has 112 valence electrons. The van der Waals surface area contributed by atoms with Gasteiger partial charge in [0.1, 0.15) is 5.75 Å². The van der Waals surface area contributed by atoms with Gasteiger partial charge < -0.3 is 4.74 Å². The van der Waals surface area contributed by atoms with E-state index in [9.17, 15) is 0 Å². The quantitative estimate of drug-likeness (QED) is 0.692. The second-order valence-electron chi connectivity index (χ2n) is 6.42. The van der Waals surface area contributed by atoms with Crippen LogP contribution in [0.1, 0.15) is 26.5 Å². The number of fused-ring (bicyclic) bond motifs is 1. The molecule has 0 bridgehead atoms. The Hall–Kier alpha value is -2.42. The molecule has 3 rings (SSSR count). The van der Waals surface area contributed by atoms with Crippen molar-refractivity contribution in [2.45, 2.75) is 26.2 Å². The zero-order valence-electron chi connectivity index (χ0n) is 13.4. The highest BCUT2D eigenvalue weighted by Gasteiger charge is 2.16. The van der Waals surface area contributed by atoms with Gasteiger partial charge in [-0.15, -0.1) is 0 Å². The van der Waals surface area contributed by atoms with Crippen LogP contribution in [-0.2, 0) is 5.41 Å². The summed E-state index contributed by atoms with van der Waals surface area (Å²) in [5, 5.41) is 1.02. The van der Waals surface area contributed by atoms with Crippen LogP contribution in [0.15, 0.2) is 48.8 Å². The lowest BCUT2D eigenvalue weighted by atomic mass is 9.90. The van der Waals surface area contributed by atoms with E-state index in [2.05, 4.69) is 48.9 Å². The molecule has 0 saturated carbocycles. The van der Waals surface area contributed by atoms with Crippen LogP contribution in [0.5, 0.6) is 5.75 Å². The molecule has 2 aromatic heterocycles. The van der Waals surface area contributed by atoms with Crippen molar-refractivity contribution in [2.75, 3.05) is 7.11 Å². The van der Waals surface area contributed by atoms with Crippen molar-refractivity contribution in [3.8, 4) is 16.9 Å². The van der Waals surface area contributed by atoms with E-state index < -0.39 is 0 Å². The monoisotopic (exact) mass is 292 g/mol. The van der Waals surface area contributed by atoms with Crippen LogP contribution in [-0.4, -0.2) is 17.1 Å². The molecule has 0 unspecified atom stereocenters. The van der Waals surface area contributed by atoms with E-state index in [1.165, 1.54) is 0 Å². The van der Waals surface area contributed by atoms with Crippen LogP contribution < -0.4 is 4.74 Å². The number of ether oxygens (including phenoxy) is 1. The minimum Gasteiger partial charge on any atom is -0.496 e. The Morgan fingerprint density at radius 1 is 0.864 bits per heavy atom. The van der Waals surface area contributed by atoms with Crippen LogP contribution in [0.4, 0.5) is 0 Å². The summed E-state index contributed by atoms with van der Waals surface area (Å²) in [6.07, 6.45) is 3.64. The molecule has 3 aromatic rings. The number of benzene rings is 1. The smallest absolute Gasteiger partial charge is 0.129 e. The van der Waals surface area contributed by atoms with Crippen LogP contribution in [0.2, 0.25) is 0 Å². The molecule has 1 aromatic carbocycles. The summed E-state index contributed by atoms with van der Waals surface area (Å²) in [6, 6.07) is 12.3. The lowest BCUT2D eigenvalue weighted by Gasteiger charge is -2.18. The fourth-order valence-electron chi connectivity index (χ4n) is 2.50.